The lowest BCUT2D eigenvalue weighted by Crippen LogP contribution is -1.99. The molecule has 0 unspecified atom stereocenters. The maximum Gasteiger partial charge on any atom is 0.0245 e. The van der Waals surface area contributed by atoms with Gasteiger partial charge in [-0.2, -0.15) is 0 Å². The molecule has 0 fully saturated rings. The Morgan fingerprint density at radius 2 is 1.43 bits per heavy atom. The molecular weight excluding hydrogens is 168 g/mol. The summed E-state index contributed by atoms with van der Waals surface area (Å²) in [6, 6.07) is 10.1. The Morgan fingerprint density at radius 1 is 0.929 bits per heavy atom. The molecule has 0 heteroatoms. The highest BCUT2D eigenvalue weighted by Gasteiger charge is 2.02. The van der Waals surface area contributed by atoms with Crippen LogP contribution in [0.2, 0.25) is 0 Å². The lowest BCUT2D eigenvalue weighted by Gasteiger charge is -2.06. The van der Waals surface area contributed by atoms with E-state index in [2.05, 4.69) is 32.6 Å². The maximum absolute atomic E-state index is 3.19. The largest absolute Gasteiger partial charge is 0.0920 e. The van der Waals surface area contributed by atoms with Crippen LogP contribution < -0.4 is 0 Å². The topological polar surface area (TPSA) is 0 Å². The van der Waals surface area contributed by atoms with E-state index in [1.807, 2.05) is 44.2 Å². The zero-order chi connectivity index (χ0) is 11.0. The monoisotopic (exact) mass is 188 g/mol. The fourth-order valence-electron chi connectivity index (χ4n) is 0.781. The summed E-state index contributed by atoms with van der Waals surface area (Å²) >= 11 is 0. The van der Waals surface area contributed by atoms with E-state index in [9.17, 15) is 0 Å². The first-order valence-electron chi connectivity index (χ1n) is 5.16. The van der Waals surface area contributed by atoms with Crippen molar-refractivity contribution in [2.24, 2.45) is 5.41 Å². The minimum atomic E-state index is 0.0931. The van der Waals surface area contributed by atoms with E-state index in [4.69, 9.17) is 0 Å². The fourth-order valence-corrected chi connectivity index (χ4v) is 0.781. The highest BCUT2D eigenvalue weighted by molar-refractivity contribution is 5.34. The molecule has 0 aromatic heterocycles. The van der Waals surface area contributed by atoms with Crippen molar-refractivity contribution in [2.45, 2.75) is 34.6 Å². The van der Waals surface area contributed by atoms with Gasteiger partial charge in [-0.05, 0) is 32.9 Å². The van der Waals surface area contributed by atoms with Gasteiger partial charge in [-0.25, -0.2) is 0 Å². The van der Waals surface area contributed by atoms with Gasteiger partial charge >= 0.3 is 0 Å². The molecule has 0 saturated carbocycles. The highest BCUT2D eigenvalue weighted by atomic mass is 14.1. The smallest absolute Gasteiger partial charge is 0.0245 e. The number of hydrogen-bond acceptors (Lipinski definition) is 0. The minimum Gasteiger partial charge on any atom is -0.0920 e. The van der Waals surface area contributed by atoms with Crippen LogP contribution in [0.5, 0.6) is 0 Å². The predicted molar refractivity (Wildman–Crippen MR) is 64.1 cm³/mol. The summed E-state index contributed by atoms with van der Waals surface area (Å²) in [6.45, 7) is 10.3. The van der Waals surface area contributed by atoms with Gasteiger partial charge in [0.05, 0.1) is 0 Å². The predicted octanol–water partition coefficient (Wildman–Crippen LogP) is 4.11. The Kier molecular flexibility index (Phi) is 5.72. The molecule has 0 aliphatic rings. The van der Waals surface area contributed by atoms with Gasteiger partial charge in [-0.15, -0.1) is 0 Å². The van der Waals surface area contributed by atoms with Gasteiger partial charge in [-0.3, -0.25) is 0 Å². The third-order valence-corrected chi connectivity index (χ3v) is 1.36. The zero-order valence-corrected chi connectivity index (χ0v) is 9.89. The van der Waals surface area contributed by atoms with Gasteiger partial charge in [0, 0.05) is 11.0 Å². The van der Waals surface area contributed by atoms with Gasteiger partial charge in [0.15, 0.2) is 0 Å². The van der Waals surface area contributed by atoms with Crippen LogP contribution in [-0.2, 0) is 0 Å². The van der Waals surface area contributed by atoms with E-state index in [1.54, 1.807) is 0 Å². The van der Waals surface area contributed by atoms with Crippen molar-refractivity contribution in [2.75, 3.05) is 0 Å². The average molecular weight is 188 g/mol. The van der Waals surface area contributed by atoms with Gasteiger partial charge < -0.3 is 0 Å². The molecule has 0 aliphatic carbocycles. The maximum atomic E-state index is 3.19. The summed E-state index contributed by atoms with van der Waals surface area (Å²) < 4.78 is 0. The second-order valence-electron chi connectivity index (χ2n) is 3.87. The quantitative estimate of drug-likeness (QED) is 0.537. The molecule has 1 aromatic rings. The van der Waals surface area contributed by atoms with Crippen molar-refractivity contribution in [3.05, 3.63) is 35.9 Å². The first-order chi connectivity index (χ1) is 6.58. The molecule has 0 N–H and O–H groups in total. The van der Waals surface area contributed by atoms with E-state index in [0.29, 0.717) is 0 Å². The molecule has 0 nitrogen and oxygen atoms in total. The molecular formula is C14H20. The van der Waals surface area contributed by atoms with E-state index < -0.39 is 0 Å². The lowest BCUT2D eigenvalue weighted by atomic mass is 9.97. The molecule has 0 amide bonds. The van der Waals surface area contributed by atoms with Crippen molar-refractivity contribution in [1.29, 1.82) is 0 Å². The molecule has 0 aliphatic heterocycles. The normalized spacial score (nSPS) is 9.21. The van der Waals surface area contributed by atoms with Crippen molar-refractivity contribution in [3.8, 4) is 11.8 Å². The van der Waals surface area contributed by atoms with Crippen LogP contribution in [0.1, 0.15) is 40.2 Å². The van der Waals surface area contributed by atoms with Crippen LogP contribution in [0.15, 0.2) is 30.3 Å². The molecule has 0 heterocycles. The lowest BCUT2D eigenvalue weighted by molar-refractivity contribution is 0.571. The first-order valence-corrected chi connectivity index (χ1v) is 5.16. The number of benzene rings is 1. The van der Waals surface area contributed by atoms with Crippen LogP contribution in [0, 0.1) is 17.3 Å². The molecule has 76 valence electrons. The Morgan fingerprint density at radius 3 is 1.86 bits per heavy atom. The third-order valence-electron chi connectivity index (χ3n) is 1.36. The SMILES string of the molecule is CC.CC(C)(C)C#Cc1ccccc1. The van der Waals surface area contributed by atoms with Crippen LogP contribution in [-0.4, -0.2) is 0 Å². The van der Waals surface area contributed by atoms with Crippen molar-refractivity contribution in [3.63, 3.8) is 0 Å². The van der Waals surface area contributed by atoms with Crippen LogP contribution in [0.25, 0.3) is 0 Å². The number of rotatable bonds is 0. The highest BCUT2D eigenvalue weighted by Crippen LogP contribution is 2.10. The van der Waals surface area contributed by atoms with E-state index in [0.717, 1.165) is 5.56 Å². The van der Waals surface area contributed by atoms with Crippen molar-refractivity contribution < 1.29 is 0 Å². The van der Waals surface area contributed by atoms with Gasteiger partial charge in [0.25, 0.3) is 0 Å². The molecule has 0 saturated heterocycles. The summed E-state index contributed by atoms with van der Waals surface area (Å²) in [6.07, 6.45) is 0. The van der Waals surface area contributed by atoms with Crippen LogP contribution in [0.3, 0.4) is 0 Å². The van der Waals surface area contributed by atoms with Gasteiger partial charge in [0.1, 0.15) is 0 Å². The molecule has 1 aromatic carbocycles. The Labute approximate surface area is 88.4 Å². The second kappa shape index (κ2) is 6.27. The summed E-state index contributed by atoms with van der Waals surface area (Å²) in [5.74, 6) is 6.32. The summed E-state index contributed by atoms with van der Waals surface area (Å²) in [4.78, 5) is 0. The third kappa shape index (κ3) is 6.31. The van der Waals surface area contributed by atoms with Crippen LogP contribution >= 0.6 is 0 Å². The van der Waals surface area contributed by atoms with Crippen molar-refractivity contribution >= 4 is 0 Å². The van der Waals surface area contributed by atoms with E-state index in [-0.39, 0.29) is 5.41 Å². The Bertz CT molecular complexity index is 290. The molecule has 0 spiro atoms. The molecule has 0 atom stereocenters. The summed E-state index contributed by atoms with van der Waals surface area (Å²) in [5.41, 5.74) is 1.18. The summed E-state index contributed by atoms with van der Waals surface area (Å²) in [5, 5.41) is 0. The summed E-state index contributed by atoms with van der Waals surface area (Å²) in [7, 11) is 0. The van der Waals surface area contributed by atoms with Crippen molar-refractivity contribution in [1.82, 2.24) is 0 Å². The average Bonchev–Trinajstić information content (AvgIpc) is 2.19. The molecule has 0 radical (unpaired) electrons. The molecule has 0 bridgehead atoms. The van der Waals surface area contributed by atoms with Gasteiger partial charge in [0.2, 0.25) is 0 Å². The minimum absolute atomic E-state index is 0.0931. The zero-order valence-electron chi connectivity index (χ0n) is 9.89. The second-order valence-corrected chi connectivity index (χ2v) is 3.87. The van der Waals surface area contributed by atoms with Crippen LogP contribution in [0.4, 0.5) is 0 Å². The van der Waals surface area contributed by atoms with E-state index >= 15 is 0 Å². The fraction of sp³-hybridized carbons (Fsp3) is 0.429. The Balaban J connectivity index is 0.000000791. The number of hydrogen-bond donors (Lipinski definition) is 0. The standard InChI is InChI=1S/C12H14.C2H6/c1-12(2,3)10-9-11-7-5-4-6-8-11;1-2/h4-8H,1-3H3;1-2H3. The van der Waals surface area contributed by atoms with E-state index in [1.165, 1.54) is 0 Å². The first kappa shape index (κ1) is 12.8. The Hall–Kier alpha value is -1.22. The molecule has 1 rings (SSSR count). The van der Waals surface area contributed by atoms with Gasteiger partial charge in [-0.1, -0.05) is 43.9 Å². The molecule has 14 heavy (non-hydrogen) atoms.